The number of piperidine rings is 1. The van der Waals surface area contributed by atoms with Crippen molar-refractivity contribution in [2.45, 2.75) is 57.1 Å². The summed E-state index contributed by atoms with van der Waals surface area (Å²) in [4.78, 5) is 29.0. The number of carbonyl (C=O) groups is 2. The topological polar surface area (TPSA) is 61.9 Å². The zero-order chi connectivity index (χ0) is 26.1. The Bertz CT molecular complexity index is 1160. The fourth-order valence-electron chi connectivity index (χ4n) is 5.67. The molecule has 5 rings (SSSR count). The number of hydrogen-bond donors (Lipinski definition) is 1. The number of cyclic esters (lactones) is 1. The number of ether oxygens (including phenoxy) is 1. The Hall–Kier alpha value is -3.07. The van der Waals surface area contributed by atoms with Crippen molar-refractivity contribution in [1.29, 1.82) is 0 Å². The van der Waals surface area contributed by atoms with Crippen molar-refractivity contribution in [1.82, 2.24) is 15.1 Å². The summed E-state index contributed by atoms with van der Waals surface area (Å²) in [6, 6.07) is 7.07. The lowest BCUT2D eigenvalue weighted by Gasteiger charge is -2.33. The molecule has 2 atom stereocenters. The minimum Gasteiger partial charge on any atom is -0.443 e. The van der Waals surface area contributed by atoms with Crippen LogP contribution in [-0.2, 0) is 4.74 Å². The van der Waals surface area contributed by atoms with Crippen LogP contribution in [0.3, 0.4) is 0 Å². The van der Waals surface area contributed by atoms with Gasteiger partial charge in [0.2, 0.25) is 0 Å². The largest absolute Gasteiger partial charge is 0.443 e. The van der Waals surface area contributed by atoms with E-state index in [0.717, 1.165) is 67.9 Å². The third-order valence-corrected chi connectivity index (χ3v) is 7.80. The first-order valence-corrected chi connectivity index (χ1v) is 13.0. The van der Waals surface area contributed by atoms with Crippen LogP contribution in [0.1, 0.15) is 60.8 Å². The zero-order valence-corrected chi connectivity index (χ0v) is 20.9. The molecule has 3 aliphatic rings. The van der Waals surface area contributed by atoms with Crippen LogP contribution in [0, 0.1) is 30.3 Å². The monoisotopic (exact) mass is 515 g/mol. The van der Waals surface area contributed by atoms with Crippen LogP contribution < -0.4 is 5.32 Å². The Balaban J connectivity index is 1.12. The molecule has 3 amide bonds. The van der Waals surface area contributed by atoms with Crippen molar-refractivity contribution in [2.75, 3.05) is 26.2 Å². The van der Waals surface area contributed by atoms with Crippen LogP contribution in [0.4, 0.5) is 22.8 Å². The first kappa shape index (κ1) is 25.6. The Morgan fingerprint density at radius 2 is 1.78 bits per heavy atom. The van der Waals surface area contributed by atoms with E-state index in [1.54, 1.807) is 6.07 Å². The average molecular weight is 516 g/mol. The van der Waals surface area contributed by atoms with Crippen LogP contribution in [0.2, 0.25) is 0 Å². The van der Waals surface area contributed by atoms with Gasteiger partial charge >= 0.3 is 12.1 Å². The van der Waals surface area contributed by atoms with Crippen molar-refractivity contribution in [3.63, 3.8) is 0 Å². The highest BCUT2D eigenvalue weighted by molar-refractivity contribution is 5.93. The highest BCUT2D eigenvalue weighted by Gasteiger charge is 2.52. The molecule has 198 valence electrons. The number of urea groups is 1. The van der Waals surface area contributed by atoms with Gasteiger partial charge in [0, 0.05) is 6.54 Å². The van der Waals surface area contributed by atoms with E-state index in [1.165, 1.54) is 17.7 Å². The number of aryl methyl sites for hydroxylation is 1. The van der Waals surface area contributed by atoms with Crippen LogP contribution in [0.5, 0.6) is 0 Å². The number of halogens is 3. The number of benzene rings is 2. The van der Waals surface area contributed by atoms with Crippen molar-refractivity contribution in [2.24, 2.45) is 5.92 Å². The van der Waals surface area contributed by atoms with Gasteiger partial charge in [-0.15, -0.1) is 0 Å². The van der Waals surface area contributed by atoms with Crippen LogP contribution in [0.25, 0.3) is 0 Å². The Labute approximate surface area is 214 Å². The van der Waals surface area contributed by atoms with Crippen LogP contribution in [0.15, 0.2) is 36.4 Å². The van der Waals surface area contributed by atoms with Gasteiger partial charge in [-0.2, -0.15) is 0 Å². The molecule has 9 heteroatoms. The van der Waals surface area contributed by atoms with E-state index in [1.807, 2.05) is 13.0 Å². The van der Waals surface area contributed by atoms with Crippen LogP contribution >= 0.6 is 0 Å². The van der Waals surface area contributed by atoms with Gasteiger partial charge in [-0.05, 0) is 111 Å². The molecule has 2 saturated heterocycles. The average Bonchev–Trinajstić information content (AvgIpc) is 3.66. The predicted octanol–water partition coefficient (Wildman–Crippen LogP) is 5.66. The Kier molecular flexibility index (Phi) is 7.42. The zero-order valence-electron chi connectivity index (χ0n) is 20.9. The second-order valence-electron chi connectivity index (χ2n) is 10.4. The van der Waals surface area contributed by atoms with Crippen molar-refractivity contribution in [3.05, 3.63) is 70.5 Å². The van der Waals surface area contributed by atoms with E-state index in [9.17, 15) is 22.8 Å². The Morgan fingerprint density at radius 1 is 1.03 bits per heavy atom. The molecular formula is C28H32F3N3O3. The summed E-state index contributed by atoms with van der Waals surface area (Å²) < 4.78 is 46.4. The first-order valence-electron chi connectivity index (χ1n) is 13.0. The van der Waals surface area contributed by atoms with Gasteiger partial charge in [-0.3, -0.25) is 0 Å². The number of rotatable bonds is 7. The SMILES string of the molecule is Cc1cc(F)ccc1C1CCN(CCCNC(=O)N2C(=O)OC(C3CC3)C2c2ccc(F)c(F)c2)CC1. The summed E-state index contributed by atoms with van der Waals surface area (Å²) in [5.74, 6) is -1.68. The smallest absolute Gasteiger partial charge is 0.419 e. The second kappa shape index (κ2) is 10.7. The lowest BCUT2D eigenvalue weighted by Crippen LogP contribution is -2.44. The highest BCUT2D eigenvalue weighted by atomic mass is 19.2. The third-order valence-electron chi connectivity index (χ3n) is 7.80. The molecule has 1 N–H and O–H groups in total. The van der Waals surface area contributed by atoms with E-state index in [-0.39, 0.29) is 11.7 Å². The molecule has 37 heavy (non-hydrogen) atoms. The molecule has 6 nitrogen and oxygen atoms in total. The van der Waals surface area contributed by atoms with Crippen LogP contribution in [-0.4, -0.2) is 54.2 Å². The Morgan fingerprint density at radius 3 is 2.46 bits per heavy atom. The summed E-state index contributed by atoms with van der Waals surface area (Å²) in [5, 5.41) is 2.80. The van der Waals surface area contributed by atoms with Gasteiger partial charge in [0.25, 0.3) is 0 Å². The normalized spacial score (nSPS) is 22.8. The molecule has 2 aromatic carbocycles. The van der Waals surface area contributed by atoms with Crippen molar-refractivity contribution in [3.8, 4) is 0 Å². The maximum absolute atomic E-state index is 13.9. The van der Waals surface area contributed by atoms with Gasteiger partial charge in [0.1, 0.15) is 18.0 Å². The number of carbonyl (C=O) groups excluding carboxylic acids is 2. The molecule has 3 fully saturated rings. The lowest BCUT2D eigenvalue weighted by atomic mass is 9.87. The van der Waals surface area contributed by atoms with Gasteiger partial charge in [0.05, 0.1) is 0 Å². The van der Waals surface area contributed by atoms with E-state index in [2.05, 4.69) is 10.2 Å². The third kappa shape index (κ3) is 5.61. The quantitative estimate of drug-likeness (QED) is 0.483. The summed E-state index contributed by atoms with van der Waals surface area (Å²) in [6.07, 6.45) is 3.11. The number of nitrogens with zero attached hydrogens (tertiary/aromatic N) is 2. The summed E-state index contributed by atoms with van der Waals surface area (Å²) in [7, 11) is 0. The first-order chi connectivity index (χ1) is 17.8. The predicted molar refractivity (Wildman–Crippen MR) is 131 cm³/mol. The molecule has 1 aliphatic carbocycles. The number of likely N-dealkylation sites (tertiary alicyclic amines) is 1. The number of hydrogen-bond acceptors (Lipinski definition) is 4. The van der Waals surface area contributed by atoms with E-state index < -0.39 is 35.9 Å². The molecule has 2 unspecified atom stereocenters. The van der Waals surface area contributed by atoms with Gasteiger partial charge in [0.15, 0.2) is 11.6 Å². The van der Waals surface area contributed by atoms with Gasteiger partial charge in [-0.1, -0.05) is 12.1 Å². The number of amides is 3. The summed E-state index contributed by atoms with van der Waals surface area (Å²) >= 11 is 0. The van der Waals surface area contributed by atoms with E-state index in [0.29, 0.717) is 24.4 Å². The standard InChI is InChI=1S/C28H32F3N3O3/c1-17-15-21(29)6-7-22(17)18-9-13-33(14-10-18)12-2-11-32-27(35)34-25(20-5-8-23(30)24(31)16-20)26(19-3-4-19)37-28(34)36/h5-8,15-16,18-19,25-26H,2-4,9-14H2,1H3,(H,32,35). The highest BCUT2D eigenvalue weighted by Crippen LogP contribution is 2.46. The van der Waals surface area contributed by atoms with Crippen molar-refractivity contribution >= 4 is 12.1 Å². The molecule has 2 aliphatic heterocycles. The number of imide groups is 1. The molecule has 2 aromatic rings. The number of nitrogens with one attached hydrogen (secondary N) is 1. The fourth-order valence-corrected chi connectivity index (χ4v) is 5.67. The van der Waals surface area contributed by atoms with Gasteiger partial charge < -0.3 is 15.0 Å². The van der Waals surface area contributed by atoms with E-state index in [4.69, 9.17) is 4.74 Å². The van der Waals surface area contributed by atoms with Gasteiger partial charge in [-0.25, -0.2) is 27.7 Å². The molecule has 0 radical (unpaired) electrons. The minimum atomic E-state index is -1.02. The minimum absolute atomic E-state index is 0.112. The molecule has 0 aromatic heterocycles. The molecule has 1 saturated carbocycles. The summed E-state index contributed by atoms with van der Waals surface area (Å²) in [6.45, 7) is 4.98. The summed E-state index contributed by atoms with van der Waals surface area (Å²) in [5.41, 5.74) is 2.55. The lowest BCUT2D eigenvalue weighted by molar-refractivity contribution is 0.118. The molecular weight excluding hydrogens is 483 g/mol. The fraction of sp³-hybridized carbons (Fsp3) is 0.500. The maximum Gasteiger partial charge on any atom is 0.419 e. The molecule has 2 heterocycles. The molecule has 0 bridgehead atoms. The van der Waals surface area contributed by atoms with E-state index >= 15 is 0 Å². The van der Waals surface area contributed by atoms with Crippen molar-refractivity contribution < 1.29 is 27.5 Å². The second-order valence-corrected chi connectivity index (χ2v) is 10.4. The molecule has 0 spiro atoms. The maximum atomic E-state index is 13.9.